The van der Waals surface area contributed by atoms with Crippen LogP contribution in [-0.4, -0.2) is 53.6 Å². The number of carbonyl (C=O) groups is 2. The summed E-state index contributed by atoms with van der Waals surface area (Å²) in [6.07, 6.45) is 7.80. The fourth-order valence-electron chi connectivity index (χ4n) is 1.99. The maximum absolute atomic E-state index is 11.3. The van der Waals surface area contributed by atoms with Crippen LogP contribution in [0.3, 0.4) is 0 Å². The zero-order chi connectivity index (χ0) is 19.6. The van der Waals surface area contributed by atoms with Gasteiger partial charge in [0.2, 0.25) is 0 Å². The molecule has 7 heteroatoms. The number of hydrogen-bond donors (Lipinski definition) is 2. The maximum atomic E-state index is 11.3. The summed E-state index contributed by atoms with van der Waals surface area (Å²) in [6.45, 7) is 4.67. The highest BCUT2D eigenvalue weighted by molar-refractivity contribution is 5.91. The van der Waals surface area contributed by atoms with Gasteiger partial charge in [-0.3, -0.25) is 0 Å². The van der Waals surface area contributed by atoms with Gasteiger partial charge in [-0.2, -0.15) is 0 Å². The van der Waals surface area contributed by atoms with E-state index in [9.17, 15) is 9.59 Å². The Morgan fingerprint density at radius 2 is 1.35 bits per heavy atom. The van der Waals surface area contributed by atoms with Crippen LogP contribution in [0.5, 0.6) is 0 Å². The van der Waals surface area contributed by atoms with Crippen LogP contribution in [0.2, 0.25) is 0 Å². The topological polar surface area (TPSA) is 106 Å². The molecule has 0 atom stereocenters. The van der Waals surface area contributed by atoms with E-state index in [2.05, 4.69) is 4.98 Å². The molecule has 148 valence electrons. The lowest BCUT2D eigenvalue weighted by Gasteiger charge is -2.03. The van der Waals surface area contributed by atoms with Crippen molar-refractivity contribution < 1.29 is 29.3 Å². The van der Waals surface area contributed by atoms with Crippen molar-refractivity contribution in [2.75, 3.05) is 26.4 Å². The lowest BCUT2D eigenvalue weighted by molar-refractivity contribution is 0.0505. The Labute approximate surface area is 155 Å². The first kappa shape index (κ1) is 24.0. The summed E-state index contributed by atoms with van der Waals surface area (Å²) < 4.78 is 9.54. The normalized spacial score (nSPS) is 9.85. The summed E-state index contributed by atoms with van der Waals surface area (Å²) in [5.41, 5.74) is 0.491. The van der Waals surface area contributed by atoms with Crippen LogP contribution in [-0.2, 0) is 9.47 Å². The van der Waals surface area contributed by atoms with Gasteiger partial charge in [0.05, 0.1) is 18.8 Å². The number of unbranched alkanes of at least 4 members (excludes halogenated alkanes) is 5. The summed E-state index contributed by atoms with van der Waals surface area (Å²) in [7, 11) is 0. The quantitative estimate of drug-likeness (QED) is 0.456. The van der Waals surface area contributed by atoms with Crippen LogP contribution in [0.1, 0.15) is 73.2 Å². The molecule has 0 radical (unpaired) electrons. The molecule has 1 aromatic rings. The largest absolute Gasteiger partial charge is 0.462 e. The Hall–Kier alpha value is -1.99. The van der Waals surface area contributed by atoms with Crippen molar-refractivity contribution in [2.24, 2.45) is 0 Å². The molecule has 0 saturated heterocycles. The Balaban J connectivity index is 0.000000541. The van der Waals surface area contributed by atoms with Crippen molar-refractivity contribution in [3.8, 4) is 0 Å². The summed E-state index contributed by atoms with van der Waals surface area (Å²) in [5.74, 6) is -0.955. The Bertz CT molecular complexity index is 444. The van der Waals surface area contributed by atoms with Gasteiger partial charge >= 0.3 is 11.9 Å². The second kappa shape index (κ2) is 16.5. The Morgan fingerprint density at radius 3 is 1.77 bits per heavy atom. The van der Waals surface area contributed by atoms with Gasteiger partial charge in [0.15, 0.2) is 0 Å². The highest BCUT2D eigenvalue weighted by Gasteiger charge is 2.11. The molecule has 0 bridgehead atoms. The van der Waals surface area contributed by atoms with Crippen LogP contribution >= 0.6 is 0 Å². The average molecular weight is 369 g/mol. The number of aromatic nitrogens is 1. The van der Waals surface area contributed by atoms with Gasteiger partial charge in [-0.25, -0.2) is 14.6 Å². The van der Waals surface area contributed by atoms with Gasteiger partial charge in [0, 0.05) is 19.4 Å². The van der Waals surface area contributed by atoms with E-state index in [1.807, 2.05) is 0 Å². The van der Waals surface area contributed by atoms with E-state index >= 15 is 0 Å². The molecule has 0 amide bonds. The Morgan fingerprint density at radius 1 is 0.846 bits per heavy atom. The van der Waals surface area contributed by atoms with Crippen molar-refractivity contribution in [3.05, 3.63) is 29.6 Å². The van der Waals surface area contributed by atoms with Crippen molar-refractivity contribution in [3.63, 3.8) is 0 Å². The highest BCUT2D eigenvalue weighted by Crippen LogP contribution is 2.04. The average Bonchev–Trinajstić information content (AvgIpc) is 2.66. The third-order valence-corrected chi connectivity index (χ3v) is 3.33. The number of ether oxygens (including phenoxy) is 2. The zero-order valence-corrected chi connectivity index (χ0v) is 15.8. The van der Waals surface area contributed by atoms with E-state index in [-0.39, 0.29) is 5.69 Å². The molecule has 0 aliphatic rings. The van der Waals surface area contributed by atoms with Crippen molar-refractivity contribution in [2.45, 2.75) is 52.4 Å². The molecule has 0 spiro atoms. The number of pyridine rings is 1. The van der Waals surface area contributed by atoms with Crippen molar-refractivity contribution in [1.29, 1.82) is 0 Å². The fourth-order valence-corrected chi connectivity index (χ4v) is 1.99. The van der Waals surface area contributed by atoms with Crippen LogP contribution in [0.25, 0.3) is 0 Å². The van der Waals surface area contributed by atoms with E-state index in [4.69, 9.17) is 19.7 Å². The number of hydrogen-bond acceptors (Lipinski definition) is 7. The van der Waals surface area contributed by atoms with Gasteiger partial charge in [-0.15, -0.1) is 0 Å². The minimum absolute atomic E-state index is 0.176. The van der Waals surface area contributed by atoms with Gasteiger partial charge in [-0.05, 0) is 38.8 Å². The summed E-state index contributed by atoms with van der Waals surface area (Å²) in [5, 5.41) is 16.9. The third kappa shape index (κ3) is 11.5. The Kier molecular flexibility index (Phi) is 15.2. The molecule has 1 heterocycles. The fraction of sp³-hybridized carbons (Fsp3) is 0.632. The molecule has 1 aromatic heterocycles. The molecule has 0 unspecified atom stereocenters. The minimum atomic E-state index is -0.502. The van der Waals surface area contributed by atoms with E-state index < -0.39 is 11.9 Å². The van der Waals surface area contributed by atoms with E-state index in [1.165, 1.54) is 31.2 Å². The molecule has 0 fully saturated rings. The van der Waals surface area contributed by atoms with Crippen LogP contribution in [0.4, 0.5) is 0 Å². The predicted octanol–water partition coefficient (Wildman–Crippen LogP) is 2.75. The number of carbonyl (C=O) groups excluding carboxylic acids is 2. The molecule has 26 heavy (non-hydrogen) atoms. The van der Waals surface area contributed by atoms with Gasteiger partial charge in [0.25, 0.3) is 0 Å². The lowest BCUT2D eigenvalue weighted by atomic mass is 10.1. The van der Waals surface area contributed by atoms with Crippen LogP contribution in [0.15, 0.2) is 18.3 Å². The van der Waals surface area contributed by atoms with E-state index in [1.54, 1.807) is 13.8 Å². The molecule has 0 aromatic carbocycles. The maximum Gasteiger partial charge on any atom is 0.356 e. The molecule has 0 saturated carbocycles. The summed E-state index contributed by atoms with van der Waals surface area (Å²) >= 11 is 0. The SMILES string of the molecule is CCOC(=O)c1ccc(C(=O)OCC)nc1.OCCCCCCCCO. The standard InChI is InChI=1S/C11H13NO4.C8H18O2/c1-3-15-10(13)8-5-6-9(12-7-8)11(14)16-4-2;9-7-5-3-1-2-4-6-8-10/h5-7H,3-4H2,1-2H3;9-10H,1-8H2. The van der Waals surface area contributed by atoms with Crippen molar-refractivity contribution >= 4 is 11.9 Å². The molecule has 1 rings (SSSR count). The second-order valence-corrected chi connectivity index (χ2v) is 5.44. The predicted molar refractivity (Wildman–Crippen MR) is 98.0 cm³/mol. The molecular weight excluding hydrogens is 338 g/mol. The number of rotatable bonds is 11. The molecule has 0 aliphatic heterocycles. The monoisotopic (exact) mass is 369 g/mol. The number of aliphatic hydroxyl groups excluding tert-OH is 2. The van der Waals surface area contributed by atoms with Crippen molar-refractivity contribution in [1.82, 2.24) is 4.98 Å². The first-order valence-corrected chi connectivity index (χ1v) is 9.12. The minimum Gasteiger partial charge on any atom is -0.462 e. The van der Waals surface area contributed by atoms with Gasteiger partial charge in [0.1, 0.15) is 5.69 Å². The third-order valence-electron chi connectivity index (χ3n) is 3.33. The van der Waals surface area contributed by atoms with Crippen LogP contribution in [0, 0.1) is 0 Å². The van der Waals surface area contributed by atoms with E-state index in [0.717, 1.165) is 25.7 Å². The van der Waals surface area contributed by atoms with Crippen LogP contribution < -0.4 is 0 Å². The zero-order valence-electron chi connectivity index (χ0n) is 15.8. The first-order chi connectivity index (χ1) is 12.6. The molecule has 0 aliphatic carbocycles. The molecular formula is C19H31NO6. The number of aliphatic hydroxyl groups is 2. The summed E-state index contributed by atoms with van der Waals surface area (Å²) in [6, 6.07) is 2.92. The van der Waals surface area contributed by atoms with E-state index in [0.29, 0.717) is 32.0 Å². The first-order valence-electron chi connectivity index (χ1n) is 9.12. The number of nitrogens with zero attached hydrogens (tertiary/aromatic N) is 1. The second-order valence-electron chi connectivity index (χ2n) is 5.44. The highest BCUT2D eigenvalue weighted by atomic mass is 16.5. The summed E-state index contributed by atoms with van der Waals surface area (Å²) in [4.78, 5) is 26.3. The number of esters is 2. The smallest absolute Gasteiger partial charge is 0.356 e. The van der Waals surface area contributed by atoms with Gasteiger partial charge in [-0.1, -0.05) is 25.7 Å². The molecule has 2 N–H and O–H groups in total. The lowest BCUT2D eigenvalue weighted by Crippen LogP contribution is -2.09. The van der Waals surface area contributed by atoms with Gasteiger partial charge < -0.3 is 19.7 Å². The molecule has 7 nitrogen and oxygen atoms in total.